The SMILES string of the molecule is NCCC(=O)Nc1cccc(C(=O)N2CCOCC2)c1. The van der Waals surface area contributed by atoms with E-state index >= 15 is 0 Å². The van der Waals surface area contributed by atoms with Gasteiger partial charge in [0.15, 0.2) is 0 Å². The van der Waals surface area contributed by atoms with Crippen LogP contribution in [0.5, 0.6) is 0 Å². The Morgan fingerprint density at radius 1 is 1.30 bits per heavy atom. The Morgan fingerprint density at radius 2 is 2.05 bits per heavy atom. The summed E-state index contributed by atoms with van der Waals surface area (Å²) in [5, 5.41) is 2.73. The molecule has 108 valence electrons. The highest BCUT2D eigenvalue weighted by Gasteiger charge is 2.18. The first kappa shape index (κ1) is 14.5. The first-order valence-electron chi connectivity index (χ1n) is 6.67. The summed E-state index contributed by atoms with van der Waals surface area (Å²) in [4.78, 5) is 25.5. The zero-order valence-corrected chi connectivity index (χ0v) is 11.3. The van der Waals surface area contributed by atoms with Gasteiger partial charge in [-0.1, -0.05) is 6.07 Å². The van der Waals surface area contributed by atoms with E-state index in [0.29, 0.717) is 44.1 Å². The zero-order valence-electron chi connectivity index (χ0n) is 11.3. The summed E-state index contributed by atoms with van der Waals surface area (Å²) in [6.07, 6.45) is 0.266. The molecule has 1 saturated heterocycles. The lowest BCUT2D eigenvalue weighted by Crippen LogP contribution is -2.40. The van der Waals surface area contributed by atoms with Gasteiger partial charge in [-0.25, -0.2) is 0 Å². The maximum Gasteiger partial charge on any atom is 0.254 e. The Balaban J connectivity index is 2.04. The van der Waals surface area contributed by atoms with Crippen molar-refractivity contribution in [2.75, 3.05) is 38.2 Å². The number of nitrogens with one attached hydrogen (secondary N) is 1. The van der Waals surface area contributed by atoms with Gasteiger partial charge < -0.3 is 20.7 Å². The van der Waals surface area contributed by atoms with Crippen molar-refractivity contribution in [1.29, 1.82) is 0 Å². The van der Waals surface area contributed by atoms with E-state index in [1.165, 1.54) is 0 Å². The first-order valence-corrected chi connectivity index (χ1v) is 6.67. The van der Waals surface area contributed by atoms with Gasteiger partial charge in [0.1, 0.15) is 0 Å². The predicted molar refractivity (Wildman–Crippen MR) is 75.5 cm³/mol. The molecule has 1 heterocycles. The van der Waals surface area contributed by atoms with Crippen molar-refractivity contribution in [3.05, 3.63) is 29.8 Å². The molecule has 0 saturated carbocycles. The van der Waals surface area contributed by atoms with E-state index in [0.717, 1.165) is 0 Å². The Kier molecular flexibility index (Phi) is 5.09. The summed E-state index contributed by atoms with van der Waals surface area (Å²) < 4.78 is 5.23. The molecule has 1 aliphatic heterocycles. The first-order chi connectivity index (χ1) is 9.70. The molecule has 0 radical (unpaired) electrons. The molecule has 0 aliphatic carbocycles. The number of hydrogen-bond donors (Lipinski definition) is 2. The van der Waals surface area contributed by atoms with Crippen LogP contribution in [0.2, 0.25) is 0 Å². The van der Waals surface area contributed by atoms with Gasteiger partial charge in [0, 0.05) is 37.3 Å². The van der Waals surface area contributed by atoms with Crippen LogP contribution in [0.25, 0.3) is 0 Å². The maximum absolute atomic E-state index is 12.3. The minimum atomic E-state index is -0.150. The molecule has 6 nitrogen and oxygen atoms in total. The second-order valence-corrected chi connectivity index (χ2v) is 4.57. The van der Waals surface area contributed by atoms with Crippen LogP contribution in [0.1, 0.15) is 16.8 Å². The molecule has 1 aromatic rings. The molecular formula is C14H19N3O3. The van der Waals surface area contributed by atoms with Crippen LogP contribution >= 0.6 is 0 Å². The summed E-state index contributed by atoms with van der Waals surface area (Å²) in [7, 11) is 0. The van der Waals surface area contributed by atoms with Crippen LogP contribution in [0.3, 0.4) is 0 Å². The number of nitrogens with two attached hydrogens (primary N) is 1. The minimum absolute atomic E-state index is 0.0387. The van der Waals surface area contributed by atoms with Gasteiger partial charge in [-0.3, -0.25) is 9.59 Å². The molecule has 0 spiro atoms. The molecule has 20 heavy (non-hydrogen) atoms. The molecule has 1 aromatic carbocycles. The second kappa shape index (κ2) is 7.02. The van der Waals surface area contributed by atoms with Gasteiger partial charge in [-0.2, -0.15) is 0 Å². The van der Waals surface area contributed by atoms with Crippen LogP contribution in [0.4, 0.5) is 5.69 Å². The lowest BCUT2D eigenvalue weighted by atomic mass is 10.1. The molecule has 2 amide bonds. The van der Waals surface area contributed by atoms with E-state index < -0.39 is 0 Å². The van der Waals surface area contributed by atoms with Crippen molar-refractivity contribution in [3.8, 4) is 0 Å². The van der Waals surface area contributed by atoms with Gasteiger partial charge in [0.05, 0.1) is 13.2 Å². The highest BCUT2D eigenvalue weighted by molar-refractivity contribution is 5.97. The predicted octanol–water partition coefficient (Wildman–Crippen LogP) is 0.446. The van der Waals surface area contributed by atoms with Crippen molar-refractivity contribution in [1.82, 2.24) is 4.90 Å². The average molecular weight is 277 g/mol. The third-order valence-corrected chi connectivity index (χ3v) is 3.06. The zero-order chi connectivity index (χ0) is 14.4. The number of carbonyl (C=O) groups excluding carboxylic acids is 2. The smallest absolute Gasteiger partial charge is 0.254 e. The lowest BCUT2D eigenvalue weighted by molar-refractivity contribution is -0.116. The van der Waals surface area contributed by atoms with E-state index in [-0.39, 0.29) is 18.2 Å². The Hall–Kier alpha value is -1.92. The van der Waals surface area contributed by atoms with Crippen LogP contribution in [-0.2, 0) is 9.53 Å². The highest BCUT2D eigenvalue weighted by atomic mass is 16.5. The summed E-state index contributed by atoms with van der Waals surface area (Å²) in [5.74, 6) is -0.188. The fraction of sp³-hybridized carbons (Fsp3) is 0.429. The normalized spacial score (nSPS) is 14.9. The number of ether oxygens (including phenoxy) is 1. The quantitative estimate of drug-likeness (QED) is 0.836. The van der Waals surface area contributed by atoms with Crippen LogP contribution < -0.4 is 11.1 Å². The molecule has 0 bridgehead atoms. The summed E-state index contributed by atoms with van der Waals surface area (Å²) >= 11 is 0. The van der Waals surface area contributed by atoms with Crippen molar-refractivity contribution < 1.29 is 14.3 Å². The summed E-state index contributed by atoms with van der Waals surface area (Å²) in [5.41, 5.74) is 6.51. The maximum atomic E-state index is 12.3. The molecule has 0 aromatic heterocycles. The summed E-state index contributed by atoms with van der Waals surface area (Å²) in [6, 6.07) is 6.94. The number of morpholine rings is 1. The van der Waals surface area contributed by atoms with E-state index in [9.17, 15) is 9.59 Å². The Labute approximate surface area is 117 Å². The number of rotatable bonds is 4. The fourth-order valence-corrected chi connectivity index (χ4v) is 2.03. The Bertz CT molecular complexity index is 484. The monoisotopic (exact) mass is 277 g/mol. The largest absolute Gasteiger partial charge is 0.378 e. The number of amides is 2. The molecular weight excluding hydrogens is 258 g/mol. The number of hydrogen-bond acceptors (Lipinski definition) is 4. The van der Waals surface area contributed by atoms with E-state index in [2.05, 4.69) is 5.32 Å². The Morgan fingerprint density at radius 3 is 2.75 bits per heavy atom. The molecule has 6 heteroatoms. The average Bonchev–Trinajstić information content (AvgIpc) is 2.48. The van der Waals surface area contributed by atoms with Crippen molar-refractivity contribution in [2.24, 2.45) is 5.73 Å². The van der Waals surface area contributed by atoms with Crippen molar-refractivity contribution >= 4 is 17.5 Å². The number of anilines is 1. The number of benzene rings is 1. The van der Waals surface area contributed by atoms with Gasteiger partial charge in [0.25, 0.3) is 5.91 Å². The van der Waals surface area contributed by atoms with Gasteiger partial charge in [-0.05, 0) is 18.2 Å². The molecule has 0 unspecified atom stereocenters. The minimum Gasteiger partial charge on any atom is -0.378 e. The van der Waals surface area contributed by atoms with E-state index in [4.69, 9.17) is 10.5 Å². The molecule has 1 aliphatic rings. The topological polar surface area (TPSA) is 84.7 Å². The fourth-order valence-electron chi connectivity index (χ4n) is 2.03. The molecule has 3 N–H and O–H groups in total. The van der Waals surface area contributed by atoms with Crippen LogP contribution in [-0.4, -0.2) is 49.6 Å². The van der Waals surface area contributed by atoms with E-state index in [1.807, 2.05) is 0 Å². The van der Waals surface area contributed by atoms with Gasteiger partial charge in [-0.15, -0.1) is 0 Å². The third-order valence-electron chi connectivity index (χ3n) is 3.06. The highest BCUT2D eigenvalue weighted by Crippen LogP contribution is 2.14. The van der Waals surface area contributed by atoms with Gasteiger partial charge in [0.2, 0.25) is 5.91 Å². The number of carbonyl (C=O) groups is 2. The van der Waals surface area contributed by atoms with Gasteiger partial charge >= 0.3 is 0 Å². The van der Waals surface area contributed by atoms with Crippen molar-refractivity contribution in [2.45, 2.75) is 6.42 Å². The summed E-state index contributed by atoms with van der Waals surface area (Å²) in [6.45, 7) is 2.64. The van der Waals surface area contributed by atoms with Crippen LogP contribution in [0.15, 0.2) is 24.3 Å². The van der Waals surface area contributed by atoms with Crippen LogP contribution in [0, 0.1) is 0 Å². The molecule has 2 rings (SSSR count). The standard InChI is InChI=1S/C14H19N3O3/c15-5-4-13(18)16-12-3-1-2-11(10-12)14(19)17-6-8-20-9-7-17/h1-3,10H,4-9,15H2,(H,16,18). The third kappa shape index (κ3) is 3.79. The van der Waals surface area contributed by atoms with Crippen molar-refractivity contribution in [3.63, 3.8) is 0 Å². The van der Waals surface area contributed by atoms with E-state index in [1.54, 1.807) is 29.2 Å². The molecule has 1 fully saturated rings. The lowest BCUT2D eigenvalue weighted by Gasteiger charge is -2.27. The number of nitrogens with zero attached hydrogens (tertiary/aromatic N) is 1. The molecule has 0 atom stereocenters. The second-order valence-electron chi connectivity index (χ2n) is 4.57.